The molecule has 4 aromatic rings. The summed E-state index contributed by atoms with van der Waals surface area (Å²) in [6.07, 6.45) is 6.63. The molecular weight excluding hydrogens is 300 g/mol. The second-order valence-corrected chi connectivity index (χ2v) is 5.69. The van der Waals surface area contributed by atoms with Crippen molar-refractivity contribution in [1.82, 2.24) is 24.4 Å². The normalized spacial score (nSPS) is 11.0. The van der Waals surface area contributed by atoms with Gasteiger partial charge in [-0.05, 0) is 31.0 Å². The minimum Gasteiger partial charge on any atom is -0.370 e. The number of aromatic nitrogens is 5. The van der Waals surface area contributed by atoms with Crippen molar-refractivity contribution in [3.8, 4) is 5.69 Å². The number of nitrogens with one attached hydrogen (secondary N) is 1. The molecule has 3 heterocycles. The zero-order valence-electron chi connectivity index (χ0n) is 13.4. The quantitative estimate of drug-likeness (QED) is 0.615. The van der Waals surface area contributed by atoms with Crippen LogP contribution in [-0.4, -0.2) is 30.9 Å². The summed E-state index contributed by atoms with van der Waals surface area (Å²) in [5.74, 6) is 0.956. The molecule has 6 heteroatoms. The Bertz CT molecular complexity index is 954. The average molecular weight is 318 g/mol. The Balaban J connectivity index is 1.44. The highest BCUT2D eigenvalue weighted by Gasteiger charge is 2.05. The zero-order chi connectivity index (χ0) is 16.4. The van der Waals surface area contributed by atoms with Gasteiger partial charge in [-0.3, -0.25) is 0 Å². The molecule has 0 radical (unpaired) electrons. The molecule has 120 valence electrons. The highest BCUT2D eigenvalue weighted by Crippen LogP contribution is 2.12. The Morgan fingerprint density at radius 3 is 2.83 bits per heavy atom. The van der Waals surface area contributed by atoms with Crippen molar-refractivity contribution in [2.75, 3.05) is 11.9 Å². The highest BCUT2D eigenvalue weighted by molar-refractivity contribution is 5.48. The van der Waals surface area contributed by atoms with Gasteiger partial charge >= 0.3 is 0 Å². The van der Waals surface area contributed by atoms with E-state index in [0.717, 1.165) is 35.8 Å². The number of anilines is 1. The summed E-state index contributed by atoms with van der Waals surface area (Å²) in [6, 6.07) is 14.0. The number of rotatable bonds is 5. The Hall–Kier alpha value is -3.15. The van der Waals surface area contributed by atoms with E-state index in [1.807, 2.05) is 64.8 Å². The Morgan fingerprint density at radius 2 is 1.96 bits per heavy atom. The van der Waals surface area contributed by atoms with E-state index in [9.17, 15) is 0 Å². The van der Waals surface area contributed by atoms with Crippen molar-refractivity contribution < 1.29 is 0 Å². The lowest BCUT2D eigenvalue weighted by Crippen LogP contribution is -2.09. The minimum atomic E-state index is 0.804. The van der Waals surface area contributed by atoms with Crippen LogP contribution in [0.4, 0.5) is 5.82 Å². The molecule has 0 unspecified atom stereocenters. The summed E-state index contributed by atoms with van der Waals surface area (Å²) in [5.41, 5.74) is 4.09. The minimum absolute atomic E-state index is 0.804. The van der Waals surface area contributed by atoms with E-state index in [4.69, 9.17) is 0 Å². The predicted octanol–water partition coefficient (Wildman–Crippen LogP) is 2.88. The fourth-order valence-corrected chi connectivity index (χ4v) is 2.71. The number of para-hydroxylation sites is 1. The van der Waals surface area contributed by atoms with E-state index in [1.165, 1.54) is 5.56 Å². The smallest absolute Gasteiger partial charge is 0.157 e. The molecule has 6 nitrogen and oxygen atoms in total. The van der Waals surface area contributed by atoms with Gasteiger partial charge in [0.15, 0.2) is 5.65 Å². The molecule has 0 saturated carbocycles. The van der Waals surface area contributed by atoms with Crippen LogP contribution in [0.25, 0.3) is 11.3 Å². The third-order valence-electron chi connectivity index (χ3n) is 3.86. The van der Waals surface area contributed by atoms with Gasteiger partial charge in [0.1, 0.15) is 5.82 Å². The third-order valence-corrected chi connectivity index (χ3v) is 3.86. The summed E-state index contributed by atoms with van der Waals surface area (Å²) >= 11 is 0. The summed E-state index contributed by atoms with van der Waals surface area (Å²) in [5, 5.41) is 12.2. The Labute approximate surface area is 139 Å². The largest absolute Gasteiger partial charge is 0.370 e. The van der Waals surface area contributed by atoms with E-state index in [-0.39, 0.29) is 0 Å². The summed E-state index contributed by atoms with van der Waals surface area (Å²) in [7, 11) is 0. The van der Waals surface area contributed by atoms with E-state index in [0.29, 0.717) is 0 Å². The van der Waals surface area contributed by atoms with Crippen molar-refractivity contribution in [1.29, 1.82) is 0 Å². The van der Waals surface area contributed by atoms with Crippen molar-refractivity contribution in [3.63, 3.8) is 0 Å². The van der Waals surface area contributed by atoms with Gasteiger partial charge < -0.3 is 5.32 Å². The summed E-state index contributed by atoms with van der Waals surface area (Å²) in [4.78, 5) is 4.45. The monoisotopic (exact) mass is 318 g/mol. The van der Waals surface area contributed by atoms with Crippen LogP contribution >= 0.6 is 0 Å². The van der Waals surface area contributed by atoms with Gasteiger partial charge in [-0.25, -0.2) is 9.67 Å². The molecule has 0 spiro atoms. The molecule has 3 aromatic heterocycles. The molecule has 0 fully saturated rings. The van der Waals surface area contributed by atoms with Crippen LogP contribution in [0.15, 0.2) is 61.1 Å². The molecule has 0 aliphatic heterocycles. The maximum absolute atomic E-state index is 4.45. The maximum Gasteiger partial charge on any atom is 0.157 e. The van der Waals surface area contributed by atoms with Gasteiger partial charge in [0, 0.05) is 30.6 Å². The summed E-state index contributed by atoms with van der Waals surface area (Å²) in [6.45, 7) is 2.79. The third kappa shape index (κ3) is 2.86. The number of fused-ring (bicyclic) bond motifs is 1. The second kappa shape index (κ2) is 6.16. The zero-order valence-corrected chi connectivity index (χ0v) is 13.4. The van der Waals surface area contributed by atoms with E-state index >= 15 is 0 Å². The number of aryl methyl sites for hydroxylation is 1. The van der Waals surface area contributed by atoms with Gasteiger partial charge in [-0.2, -0.15) is 14.7 Å². The van der Waals surface area contributed by atoms with Crippen LogP contribution in [0.5, 0.6) is 0 Å². The van der Waals surface area contributed by atoms with Crippen LogP contribution in [0.3, 0.4) is 0 Å². The Kier molecular flexibility index (Phi) is 3.70. The number of nitrogens with zero attached hydrogens (tertiary/aromatic N) is 5. The molecule has 1 aromatic carbocycles. The molecule has 0 aliphatic carbocycles. The van der Waals surface area contributed by atoms with Gasteiger partial charge in [0.25, 0.3) is 0 Å². The average Bonchev–Trinajstić information content (AvgIpc) is 3.25. The molecule has 0 bridgehead atoms. The van der Waals surface area contributed by atoms with Crippen molar-refractivity contribution >= 4 is 11.5 Å². The lowest BCUT2D eigenvalue weighted by Gasteiger charge is -2.08. The Morgan fingerprint density at radius 1 is 1.08 bits per heavy atom. The first-order valence-corrected chi connectivity index (χ1v) is 7.94. The molecule has 0 aliphatic rings. The van der Waals surface area contributed by atoms with E-state index in [1.54, 1.807) is 6.20 Å². The van der Waals surface area contributed by atoms with E-state index in [2.05, 4.69) is 26.7 Å². The van der Waals surface area contributed by atoms with Crippen LogP contribution in [0, 0.1) is 6.92 Å². The standard InChI is InChI=1S/C18H18N6/c1-14-11-18(24-17(22-14)8-10-20-24)19-9-7-15-12-21-23(13-15)16-5-3-2-4-6-16/h2-6,8,10-13,19H,7,9H2,1H3. The van der Waals surface area contributed by atoms with Gasteiger partial charge in [-0.1, -0.05) is 18.2 Å². The first kappa shape index (κ1) is 14.4. The number of hydrogen-bond acceptors (Lipinski definition) is 4. The molecule has 24 heavy (non-hydrogen) atoms. The van der Waals surface area contributed by atoms with Crippen molar-refractivity contribution in [2.45, 2.75) is 13.3 Å². The molecule has 0 atom stereocenters. The van der Waals surface area contributed by atoms with Gasteiger partial charge in [0.2, 0.25) is 0 Å². The topological polar surface area (TPSA) is 60.0 Å². The maximum atomic E-state index is 4.45. The lowest BCUT2D eigenvalue weighted by molar-refractivity contribution is 0.879. The SMILES string of the molecule is Cc1cc(NCCc2cnn(-c3ccccc3)c2)n2nccc2n1. The molecule has 0 amide bonds. The molecule has 4 rings (SSSR count). The number of benzene rings is 1. The first-order chi connectivity index (χ1) is 11.8. The second-order valence-electron chi connectivity index (χ2n) is 5.69. The number of hydrogen-bond donors (Lipinski definition) is 1. The molecular formula is C18H18N6. The fourth-order valence-electron chi connectivity index (χ4n) is 2.71. The van der Waals surface area contributed by atoms with Crippen molar-refractivity contribution in [2.24, 2.45) is 0 Å². The van der Waals surface area contributed by atoms with Crippen molar-refractivity contribution in [3.05, 3.63) is 72.3 Å². The molecule has 0 saturated heterocycles. The van der Waals surface area contributed by atoms with Crippen LogP contribution in [0.1, 0.15) is 11.3 Å². The van der Waals surface area contributed by atoms with Crippen LogP contribution < -0.4 is 5.32 Å². The fraction of sp³-hybridized carbons (Fsp3) is 0.167. The highest BCUT2D eigenvalue weighted by atomic mass is 15.3. The predicted molar refractivity (Wildman–Crippen MR) is 93.5 cm³/mol. The van der Waals surface area contributed by atoms with Gasteiger partial charge in [0.05, 0.1) is 18.1 Å². The first-order valence-electron chi connectivity index (χ1n) is 7.94. The van der Waals surface area contributed by atoms with Gasteiger partial charge in [-0.15, -0.1) is 0 Å². The van der Waals surface area contributed by atoms with Crippen LogP contribution in [-0.2, 0) is 6.42 Å². The van der Waals surface area contributed by atoms with E-state index < -0.39 is 0 Å². The summed E-state index contributed by atoms with van der Waals surface area (Å²) < 4.78 is 3.72. The lowest BCUT2D eigenvalue weighted by atomic mass is 10.2. The van der Waals surface area contributed by atoms with Crippen LogP contribution in [0.2, 0.25) is 0 Å². The molecule has 1 N–H and O–H groups in total.